The van der Waals surface area contributed by atoms with E-state index in [9.17, 15) is 4.79 Å². The molecule has 2 aromatic heterocycles. The van der Waals surface area contributed by atoms with Gasteiger partial charge in [-0.25, -0.2) is 0 Å². The normalized spacial score (nSPS) is 12.2. The molecule has 1 amide bonds. The summed E-state index contributed by atoms with van der Waals surface area (Å²) in [5.74, 6) is -0.199. The minimum Gasteiger partial charge on any atom is -0.347 e. The predicted octanol–water partition coefficient (Wildman–Crippen LogP) is 4.06. The lowest BCUT2D eigenvalue weighted by Crippen LogP contribution is -2.41. The Kier molecular flexibility index (Phi) is 6.22. The van der Waals surface area contributed by atoms with Gasteiger partial charge in [0.1, 0.15) is 4.34 Å². The van der Waals surface area contributed by atoms with E-state index in [4.69, 9.17) is 28.9 Å². The average Bonchev–Trinajstić information content (AvgIpc) is 3.16. The van der Waals surface area contributed by atoms with Crippen molar-refractivity contribution in [3.05, 3.63) is 61.9 Å². The number of aryl methyl sites for hydroxylation is 2. The predicted molar refractivity (Wildman–Crippen MR) is 112 cm³/mol. The van der Waals surface area contributed by atoms with Crippen molar-refractivity contribution < 1.29 is 4.79 Å². The van der Waals surface area contributed by atoms with Gasteiger partial charge in [0.2, 0.25) is 0 Å². The fourth-order valence-electron chi connectivity index (χ4n) is 2.93. The van der Waals surface area contributed by atoms with Crippen molar-refractivity contribution in [1.82, 2.24) is 15.1 Å². The first kappa shape index (κ1) is 19.9. The summed E-state index contributed by atoms with van der Waals surface area (Å²) < 4.78 is 2.13. The van der Waals surface area contributed by atoms with Gasteiger partial charge in [0.25, 0.3) is 5.91 Å². The van der Waals surface area contributed by atoms with E-state index in [0.29, 0.717) is 38.5 Å². The van der Waals surface area contributed by atoms with Crippen molar-refractivity contribution in [2.24, 2.45) is 12.8 Å². The second-order valence-corrected chi connectivity index (χ2v) is 8.42. The van der Waals surface area contributed by atoms with Crippen molar-refractivity contribution in [3.63, 3.8) is 0 Å². The van der Waals surface area contributed by atoms with Gasteiger partial charge in [0.15, 0.2) is 0 Å². The quantitative estimate of drug-likeness (QED) is 0.628. The van der Waals surface area contributed by atoms with Crippen LogP contribution < -0.4 is 11.1 Å². The molecule has 2 heterocycles. The van der Waals surface area contributed by atoms with Gasteiger partial charge in [0.05, 0.1) is 21.8 Å². The summed E-state index contributed by atoms with van der Waals surface area (Å²) >= 11 is 13.8. The maximum absolute atomic E-state index is 12.7. The molecule has 0 bridgehead atoms. The van der Waals surface area contributed by atoms with Crippen LogP contribution in [0.25, 0.3) is 11.3 Å². The summed E-state index contributed by atoms with van der Waals surface area (Å²) in [6.07, 6.45) is 2.22. The van der Waals surface area contributed by atoms with Gasteiger partial charge in [-0.15, -0.1) is 11.3 Å². The Hall–Kier alpha value is -1.86. The molecular formula is C19H20Cl2N4OS. The molecule has 0 saturated carbocycles. The lowest BCUT2D eigenvalue weighted by atomic mass is 10.0. The van der Waals surface area contributed by atoms with Crippen LogP contribution in [0.2, 0.25) is 9.36 Å². The monoisotopic (exact) mass is 422 g/mol. The Balaban J connectivity index is 1.76. The molecule has 3 aromatic rings. The molecule has 0 fully saturated rings. The van der Waals surface area contributed by atoms with E-state index < -0.39 is 0 Å². The molecule has 0 aliphatic carbocycles. The van der Waals surface area contributed by atoms with Crippen LogP contribution in [0.4, 0.5) is 0 Å². The minimum atomic E-state index is -0.199. The number of benzene rings is 1. The summed E-state index contributed by atoms with van der Waals surface area (Å²) in [5.41, 5.74) is 9.57. The first-order valence-electron chi connectivity index (χ1n) is 8.42. The molecule has 3 rings (SSSR count). The Morgan fingerprint density at radius 2 is 2.15 bits per heavy atom. The zero-order valence-electron chi connectivity index (χ0n) is 15.0. The number of thiophene rings is 1. The Morgan fingerprint density at radius 1 is 1.37 bits per heavy atom. The highest BCUT2D eigenvalue weighted by atomic mass is 35.5. The third kappa shape index (κ3) is 4.52. The van der Waals surface area contributed by atoms with Crippen molar-refractivity contribution >= 4 is 40.4 Å². The highest BCUT2D eigenvalue weighted by molar-refractivity contribution is 7.18. The molecule has 0 spiro atoms. The Morgan fingerprint density at radius 3 is 2.78 bits per heavy atom. The largest absolute Gasteiger partial charge is 0.347 e. The molecule has 142 valence electrons. The smallest absolute Gasteiger partial charge is 0.261 e. The molecule has 1 unspecified atom stereocenters. The maximum Gasteiger partial charge on any atom is 0.261 e. The van der Waals surface area contributed by atoms with Gasteiger partial charge in [-0.1, -0.05) is 53.0 Å². The summed E-state index contributed by atoms with van der Waals surface area (Å²) in [6, 6.07) is 9.75. The van der Waals surface area contributed by atoms with Gasteiger partial charge in [0, 0.05) is 25.2 Å². The zero-order chi connectivity index (χ0) is 19.6. The Bertz CT molecular complexity index is 947. The highest BCUT2D eigenvalue weighted by Crippen LogP contribution is 2.38. The van der Waals surface area contributed by atoms with Crippen LogP contribution >= 0.6 is 34.5 Å². The SMILES string of the molecule is Cc1cccc(CC(CN)NC(=O)c2cc(-c3c(Cl)cnn3C)c(Cl)s2)c1. The van der Waals surface area contributed by atoms with E-state index >= 15 is 0 Å². The van der Waals surface area contributed by atoms with Crippen molar-refractivity contribution in [1.29, 1.82) is 0 Å². The molecule has 1 atom stereocenters. The number of carbonyl (C=O) groups is 1. The maximum atomic E-state index is 12.7. The third-order valence-electron chi connectivity index (χ3n) is 4.24. The number of hydrogen-bond donors (Lipinski definition) is 2. The van der Waals surface area contributed by atoms with E-state index in [-0.39, 0.29) is 11.9 Å². The van der Waals surface area contributed by atoms with Crippen LogP contribution in [0.1, 0.15) is 20.8 Å². The molecular weight excluding hydrogens is 403 g/mol. The van der Waals surface area contributed by atoms with E-state index in [2.05, 4.69) is 16.5 Å². The first-order valence-corrected chi connectivity index (χ1v) is 10.00. The van der Waals surface area contributed by atoms with E-state index in [0.717, 1.165) is 5.56 Å². The van der Waals surface area contributed by atoms with Crippen LogP contribution in [0.15, 0.2) is 36.5 Å². The van der Waals surface area contributed by atoms with Gasteiger partial charge in [-0.3, -0.25) is 9.48 Å². The summed E-state index contributed by atoms with van der Waals surface area (Å²) in [4.78, 5) is 13.2. The summed E-state index contributed by atoms with van der Waals surface area (Å²) in [7, 11) is 1.78. The first-order chi connectivity index (χ1) is 12.9. The number of carbonyl (C=O) groups excluding carboxylic acids is 1. The second kappa shape index (κ2) is 8.44. The molecule has 0 aliphatic rings. The van der Waals surface area contributed by atoms with E-state index in [1.807, 2.05) is 25.1 Å². The third-order valence-corrected chi connectivity index (χ3v) is 5.88. The average molecular weight is 423 g/mol. The molecule has 0 aliphatic heterocycles. The fraction of sp³-hybridized carbons (Fsp3) is 0.263. The topological polar surface area (TPSA) is 72.9 Å². The fourth-order valence-corrected chi connectivity index (χ4v) is 4.38. The minimum absolute atomic E-state index is 0.163. The molecule has 27 heavy (non-hydrogen) atoms. The molecule has 3 N–H and O–H groups in total. The van der Waals surface area contributed by atoms with Crippen molar-refractivity contribution in [3.8, 4) is 11.3 Å². The lowest BCUT2D eigenvalue weighted by Gasteiger charge is -2.16. The van der Waals surface area contributed by atoms with Crippen LogP contribution in [-0.4, -0.2) is 28.3 Å². The number of nitrogens with one attached hydrogen (secondary N) is 1. The number of hydrogen-bond acceptors (Lipinski definition) is 4. The number of halogens is 2. The Labute approximate surface area is 172 Å². The molecule has 0 radical (unpaired) electrons. The summed E-state index contributed by atoms with van der Waals surface area (Å²) in [5, 5.41) is 7.60. The number of nitrogens with zero attached hydrogens (tertiary/aromatic N) is 2. The molecule has 0 saturated heterocycles. The van der Waals surface area contributed by atoms with Gasteiger partial charge >= 0.3 is 0 Å². The van der Waals surface area contributed by atoms with Crippen molar-refractivity contribution in [2.75, 3.05) is 6.54 Å². The number of rotatable bonds is 6. The van der Waals surface area contributed by atoms with Gasteiger partial charge in [-0.2, -0.15) is 5.10 Å². The van der Waals surface area contributed by atoms with Gasteiger partial charge < -0.3 is 11.1 Å². The van der Waals surface area contributed by atoms with Crippen LogP contribution in [0.3, 0.4) is 0 Å². The number of nitrogens with two attached hydrogens (primary N) is 1. The van der Waals surface area contributed by atoms with E-state index in [1.54, 1.807) is 24.0 Å². The van der Waals surface area contributed by atoms with E-state index in [1.165, 1.54) is 16.9 Å². The number of amides is 1. The van der Waals surface area contributed by atoms with Gasteiger partial charge in [-0.05, 0) is 25.0 Å². The van der Waals surface area contributed by atoms with Crippen LogP contribution in [-0.2, 0) is 13.5 Å². The summed E-state index contributed by atoms with van der Waals surface area (Å²) in [6.45, 7) is 2.39. The zero-order valence-corrected chi connectivity index (χ0v) is 17.3. The lowest BCUT2D eigenvalue weighted by molar-refractivity contribution is 0.0942. The number of aromatic nitrogens is 2. The standard InChI is InChI=1S/C19H20Cl2N4OS/c1-11-4-3-5-12(6-11)7-13(9-22)24-19(26)16-8-14(18(21)27-16)17-15(20)10-23-25(17)2/h3-6,8,10,13H,7,9,22H2,1-2H3,(H,24,26). The molecule has 8 heteroatoms. The second-order valence-electron chi connectivity index (χ2n) is 6.36. The van der Waals surface area contributed by atoms with Crippen molar-refractivity contribution in [2.45, 2.75) is 19.4 Å². The molecule has 5 nitrogen and oxygen atoms in total. The highest BCUT2D eigenvalue weighted by Gasteiger charge is 2.21. The van der Waals surface area contributed by atoms with Crippen LogP contribution in [0, 0.1) is 6.92 Å². The molecule has 1 aromatic carbocycles. The van der Waals surface area contributed by atoms with Crippen LogP contribution in [0.5, 0.6) is 0 Å².